The van der Waals surface area contributed by atoms with Gasteiger partial charge >= 0.3 is 0 Å². The molecule has 0 aliphatic carbocycles. The Hall–Kier alpha value is -2.50. The molecule has 108 valence electrons. The van der Waals surface area contributed by atoms with Crippen LogP contribution < -0.4 is 5.56 Å². The third-order valence-corrected chi connectivity index (χ3v) is 3.15. The zero-order valence-electron chi connectivity index (χ0n) is 12.0. The van der Waals surface area contributed by atoms with E-state index in [1.807, 2.05) is 18.2 Å². The van der Waals surface area contributed by atoms with E-state index in [-0.39, 0.29) is 12.1 Å². The molecule has 0 atom stereocenters. The highest BCUT2D eigenvalue weighted by molar-refractivity contribution is 5.80. The van der Waals surface area contributed by atoms with E-state index >= 15 is 0 Å². The number of hydrogen-bond donors (Lipinski definition) is 0. The smallest absolute Gasteiger partial charge is 0.275 e. The summed E-state index contributed by atoms with van der Waals surface area (Å²) in [7, 11) is 0. The standard InChI is InChI=1S/C15H16N4O2/c1-10(2)7-14-17-13(18-21-14)9-19-15(20)12-6-4-3-5-11(12)8-16-19/h3-6,8,10H,7,9H2,1-2H3. The molecular weight excluding hydrogens is 268 g/mol. The predicted molar refractivity (Wildman–Crippen MR) is 77.9 cm³/mol. The molecule has 6 nitrogen and oxygen atoms in total. The first-order valence-corrected chi connectivity index (χ1v) is 6.90. The van der Waals surface area contributed by atoms with E-state index in [1.165, 1.54) is 4.68 Å². The second-order valence-corrected chi connectivity index (χ2v) is 5.40. The van der Waals surface area contributed by atoms with Gasteiger partial charge in [-0.25, -0.2) is 4.68 Å². The molecule has 1 aromatic carbocycles. The van der Waals surface area contributed by atoms with Crippen molar-refractivity contribution in [2.45, 2.75) is 26.8 Å². The van der Waals surface area contributed by atoms with Crippen LogP contribution in [0.15, 0.2) is 39.8 Å². The summed E-state index contributed by atoms with van der Waals surface area (Å²) in [6.45, 7) is 4.38. The Balaban J connectivity index is 1.89. The topological polar surface area (TPSA) is 73.8 Å². The first-order chi connectivity index (χ1) is 10.1. The number of benzene rings is 1. The van der Waals surface area contributed by atoms with Crippen LogP contribution in [0.2, 0.25) is 0 Å². The molecule has 0 aliphatic rings. The van der Waals surface area contributed by atoms with Gasteiger partial charge in [0, 0.05) is 11.8 Å². The maximum Gasteiger partial charge on any atom is 0.275 e. The zero-order chi connectivity index (χ0) is 14.8. The van der Waals surface area contributed by atoms with Crippen LogP contribution in [0, 0.1) is 5.92 Å². The number of nitrogens with zero attached hydrogens (tertiary/aromatic N) is 4. The minimum Gasteiger partial charge on any atom is -0.339 e. The molecule has 0 unspecified atom stereocenters. The molecule has 2 aromatic heterocycles. The minimum absolute atomic E-state index is 0.150. The van der Waals surface area contributed by atoms with Crippen molar-refractivity contribution in [3.05, 3.63) is 52.5 Å². The normalized spacial score (nSPS) is 11.4. The lowest BCUT2D eigenvalue weighted by Gasteiger charge is -2.02. The molecule has 0 fully saturated rings. The average Bonchev–Trinajstić information content (AvgIpc) is 2.89. The second-order valence-electron chi connectivity index (χ2n) is 5.40. The highest BCUT2D eigenvalue weighted by atomic mass is 16.5. The van der Waals surface area contributed by atoms with Crippen LogP contribution >= 0.6 is 0 Å². The quantitative estimate of drug-likeness (QED) is 0.733. The summed E-state index contributed by atoms with van der Waals surface area (Å²) < 4.78 is 6.52. The summed E-state index contributed by atoms with van der Waals surface area (Å²) in [5.41, 5.74) is -0.150. The van der Waals surface area contributed by atoms with Crippen LogP contribution in [0.5, 0.6) is 0 Å². The first-order valence-electron chi connectivity index (χ1n) is 6.90. The summed E-state index contributed by atoms with van der Waals surface area (Å²) in [5, 5.41) is 9.52. The molecule has 3 aromatic rings. The summed E-state index contributed by atoms with van der Waals surface area (Å²) >= 11 is 0. The van der Waals surface area contributed by atoms with Gasteiger partial charge in [-0.05, 0) is 12.0 Å². The molecule has 21 heavy (non-hydrogen) atoms. The van der Waals surface area contributed by atoms with Crippen molar-refractivity contribution in [3.63, 3.8) is 0 Å². The fourth-order valence-corrected chi connectivity index (χ4v) is 2.16. The van der Waals surface area contributed by atoms with Crippen LogP contribution in [0.25, 0.3) is 10.8 Å². The Morgan fingerprint density at radius 2 is 2.10 bits per heavy atom. The van der Waals surface area contributed by atoms with Crippen molar-refractivity contribution in [2.24, 2.45) is 5.92 Å². The molecule has 0 spiro atoms. The van der Waals surface area contributed by atoms with E-state index < -0.39 is 0 Å². The van der Waals surface area contributed by atoms with Gasteiger partial charge in [0.2, 0.25) is 5.89 Å². The third kappa shape index (κ3) is 2.84. The molecule has 0 saturated carbocycles. The van der Waals surface area contributed by atoms with Crippen molar-refractivity contribution in [2.75, 3.05) is 0 Å². The molecule has 0 saturated heterocycles. The number of hydrogen-bond acceptors (Lipinski definition) is 5. The third-order valence-electron chi connectivity index (χ3n) is 3.15. The van der Waals surface area contributed by atoms with E-state index in [0.717, 1.165) is 11.8 Å². The van der Waals surface area contributed by atoms with Crippen molar-refractivity contribution >= 4 is 10.8 Å². The van der Waals surface area contributed by atoms with Gasteiger partial charge in [0.1, 0.15) is 6.54 Å². The second kappa shape index (κ2) is 5.47. The highest BCUT2D eigenvalue weighted by Gasteiger charge is 2.11. The van der Waals surface area contributed by atoms with Gasteiger partial charge in [0.05, 0.1) is 11.6 Å². The summed E-state index contributed by atoms with van der Waals surface area (Å²) in [6, 6.07) is 7.37. The Morgan fingerprint density at radius 3 is 2.90 bits per heavy atom. The molecular formula is C15H16N4O2. The minimum atomic E-state index is -0.150. The van der Waals surface area contributed by atoms with Crippen LogP contribution in [0.4, 0.5) is 0 Å². The maximum absolute atomic E-state index is 12.3. The van der Waals surface area contributed by atoms with Gasteiger partial charge < -0.3 is 4.52 Å². The van der Waals surface area contributed by atoms with Gasteiger partial charge in [0.25, 0.3) is 5.56 Å². The van der Waals surface area contributed by atoms with E-state index in [0.29, 0.717) is 23.0 Å². The van der Waals surface area contributed by atoms with Gasteiger partial charge in [0.15, 0.2) is 5.82 Å². The number of fused-ring (bicyclic) bond motifs is 1. The number of aromatic nitrogens is 4. The molecule has 3 rings (SSSR count). The van der Waals surface area contributed by atoms with Crippen LogP contribution in [0.3, 0.4) is 0 Å². The van der Waals surface area contributed by atoms with E-state index in [2.05, 4.69) is 29.1 Å². The predicted octanol–water partition coefficient (Wildman–Crippen LogP) is 2.03. The maximum atomic E-state index is 12.3. The Morgan fingerprint density at radius 1 is 1.29 bits per heavy atom. The van der Waals surface area contributed by atoms with Gasteiger partial charge in [-0.2, -0.15) is 10.1 Å². The lowest BCUT2D eigenvalue weighted by atomic mass is 10.1. The first kappa shape index (κ1) is 13.5. The van der Waals surface area contributed by atoms with E-state index in [9.17, 15) is 4.79 Å². The molecule has 0 amide bonds. The largest absolute Gasteiger partial charge is 0.339 e. The summed E-state index contributed by atoms with van der Waals surface area (Å²) in [4.78, 5) is 16.6. The molecule has 0 radical (unpaired) electrons. The Bertz CT molecular complexity index is 820. The zero-order valence-corrected chi connectivity index (χ0v) is 12.0. The van der Waals surface area contributed by atoms with E-state index in [4.69, 9.17) is 4.52 Å². The van der Waals surface area contributed by atoms with Crippen molar-refractivity contribution < 1.29 is 4.52 Å². The van der Waals surface area contributed by atoms with Crippen molar-refractivity contribution in [1.82, 2.24) is 19.9 Å². The highest BCUT2D eigenvalue weighted by Crippen LogP contribution is 2.08. The van der Waals surface area contributed by atoms with Crippen LogP contribution in [-0.4, -0.2) is 19.9 Å². The van der Waals surface area contributed by atoms with Crippen molar-refractivity contribution in [3.8, 4) is 0 Å². The monoisotopic (exact) mass is 284 g/mol. The summed E-state index contributed by atoms with van der Waals surface area (Å²) in [6.07, 6.45) is 2.40. The molecule has 0 bridgehead atoms. The Kier molecular flexibility index (Phi) is 3.51. The van der Waals surface area contributed by atoms with E-state index in [1.54, 1.807) is 12.3 Å². The molecule has 0 N–H and O–H groups in total. The molecule has 0 aliphatic heterocycles. The Labute approximate surface area is 121 Å². The lowest BCUT2D eigenvalue weighted by Crippen LogP contribution is -2.23. The fourth-order valence-electron chi connectivity index (χ4n) is 2.16. The van der Waals surface area contributed by atoms with Gasteiger partial charge in [-0.3, -0.25) is 4.79 Å². The average molecular weight is 284 g/mol. The van der Waals surface area contributed by atoms with Crippen LogP contribution in [-0.2, 0) is 13.0 Å². The molecule has 6 heteroatoms. The van der Waals surface area contributed by atoms with Gasteiger partial charge in [-0.15, -0.1) is 0 Å². The van der Waals surface area contributed by atoms with Crippen LogP contribution in [0.1, 0.15) is 25.6 Å². The number of rotatable bonds is 4. The SMILES string of the molecule is CC(C)Cc1nc(Cn2ncc3ccccc3c2=O)no1. The van der Waals surface area contributed by atoms with Gasteiger partial charge in [-0.1, -0.05) is 37.2 Å². The van der Waals surface area contributed by atoms with Crippen molar-refractivity contribution in [1.29, 1.82) is 0 Å². The summed E-state index contributed by atoms with van der Waals surface area (Å²) in [5.74, 6) is 1.50. The molecule has 2 heterocycles. The lowest BCUT2D eigenvalue weighted by molar-refractivity contribution is 0.357. The fraction of sp³-hybridized carbons (Fsp3) is 0.333.